The van der Waals surface area contributed by atoms with Crippen LogP contribution in [0, 0.1) is 13.8 Å². The summed E-state index contributed by atoms with van der Waals surface area (Å²) in [5, 5.41) is 0. The summed E-state index contributed by atoms with van der Waals surface area (Å²) >= 11 is 0. The Balaban J connectivity index is 1.71. The van der Waals surface area contributed by atoms with E-state index in [-0.39, 0.29) is 6.04 Å². The lowest BCUT2D eigenvalue weighted by Crippen LogP contribution is -2.47. The summed E-state index contributed by atoms with van der Waals surface area (Å²) < 4.78 is 26.3. The normalized spacial score (nSPS) is 16.2. The lowest BCUT2D eigenvalue weighted by Gasteiger charge is -2.37. The summed E-state index contributed by atoms with van der Waals surface area (Å²) in [6.07, 6.45) is 6.20. The highest BCUT2D eigenvalue weighted by Gasteiger charge is 2.31. The molecule has 0 unspecified atom stereocenters. The first kappa shape index (κ1) is 18.7. The number of aryl methyl sites for hydroxylation is 2. The lowest BCUT2D eigenvalue weighted by atomic mass is 10.0. The zero-order valence-electron chi connectivity index (χ0n) is 15.5. The zero-order valence-corrected chi connectivity index (χ0v) is 16.3. The van der Waals surface area contributed by atoms with Crippen molar-refractivity contribution < 1.29 is 8.42 Å². The lowest BCUT2D eigenvalue weighted by molar-refractivity contribution is 0.269. The third kappa shape index (κ3) is 4.56. The van der Waals surface area contributed by atoms with E-state index in [1.54, 1.807) is 16.7 Å². The SMILES string of the molecule is Cc1cc(C)nc(N2CCC(N(Cc3cccnc3)S(C)(=O)=O)CC2)n1. The highest BCUT2D eigenvalue weighted by atomic mass is 32.2. The highest BCUT2D eigenvalue weighted by Crippen LogP contribution is 2.24. The monoisotopic (exact) mass is 375 g/mol. The fraction of sp³-hybridized carbons (Fsp3) is 0.500. The van der Waals surface area contributed by atoms with Crippen molar-refractivity contribution in [2.75, 3.05) is 24.2 Å². The van der Waals surface area contributed by atoms with Crippen LogP contribution < -0.4 is 4.90 Å². The van der Waals surface area contributed by atoms with E-state index in [2.05, 4.69) is 19.9 Å². The summed E-state index contributed by atoms with van der Waals surface area (Å²) in [6.45, 7) is 5.77. The molecule has 0 radical (unpaired) electrons. The molecular formula is C18H25N5O2S. The van der Waals surface area contributed by atoms with Gasteiger partial charge in [-0.15, -0.1) is 0 Å². The Bertz CT molecular complexity index is 829. The van der Waals surface area contributed by atoms with Gasteiger partial charge in [-0.3, -0.25) is 4.98 Å². The number of pyridine rings is 1. The summed E-state index contributed by atoms with van der Waals surface area (Å²) in [5.74, 6) is 0.735. The molecule has 0 aliphatic carbocycles. The molecule has 0 atom stereocenters. The maximum absolute atomic E-state index is 12.3. The average molecular weight is 375 g/mol. The smallest absolute Gasteiger partial charge is 0.225 e. The Labute approximate surface area is 155 Å². The van der Waals surface area contributed by atoms with E-state index >= 15 is 0 Å². The van der Waals surface area contributed by atoms with E-state index in [0.717, 1.165) is 48.8 Å². The minimum absolute atomic E-state index is 0.0210. The molecule has 3 rings (SSSR count). The first-order valence-corrected chi connectivity index (χ1v) is 10.6. The van der Waals surface area contributed by atoms with Gasteiger partial charge in [-0.05, 0) is 44.4 Å². The molecule has 0 aromatic carbocycles. The maximum Gasteiger partial charge on any atom is 0.225 e. The molecule has 2 aromatic heterocycles. The third-order valence-corrected chi connectivity index (χ3v) is 5.89. The molecule has 2 aromatic rings. The quantitative estimate of drug-likeness (QED) is 0.794. The van der Waals surface area contributed by atoms with Gasteiger partial charge in [0.05, 0.1) is 6.26 Å². The standard InChI is InChI=1S/C18H25N5O2S/c1-14-11-15(2)21-18(20-14)22-9-6-17(7-10-22)23(26(3,24)25)13-16-5-4-8-19-12-16/h4-5,8,11-12,17H,6-7,9-10,13H2,1-3H3. The van der Waals surface area contributed by atoms with Crippen LogP contribution in [0.1, 0.15) is 29.8 Å². The van der Waals surface area contributed by atoms with Crippen molar-refractivity contribution in [1.29, 1.82) is 0 Å². The van der Waals surface area contributed by atoms with Crippen molar-refractivity contribution in [2.45, 2.75) is 39.3 Å². The Morgan fingerprint density at radius 2 is 1.85 bits per heavy atom. The molecule has 0 saturated carbocycles. The molecule has 0 bridgehead atoms. The number of rotatable bonds is 5. The first-order valence-electron chi connectivity index (χ1n) is 8.76. The van der Waals surface area contributed by atoms with Crippen molar-refractivity contribution >= 4 is 16.0 Å². The largest absolute Gasteiger partial charge is 0.341 e. The van der Waals surface area contributed by atoms with Crippen LogP contribution in [0.3, 0.4) is 0 Å². The van der Waals surface area contributed by atoms with E-state index < -0.39 is 10.0 Å². The van der Waals surface area contributed by atoms with Gasteiger partial charge in [0.2, 0.25) is 16.0 Å². The molecule has 8 heteroatoms. The summed E-state index contributed by atoms with van der Waals surface area (Å²) in [5.41, 5.74) is 2.80. The van der Waals surface area contributed by atoms with Gasteiger partial charge in [0.1, 0.15) is 0 Å². The molecule has 140 valence electrons. The third-order valence-electron chi connectivity index (χ3n) is 4.61. The summed E-state index contributed by atoms with van der Waals surface area (Å²) in [4.78, 5) is 15.3. The van der Waals surface area contributed by atoms with Gasteiger partial charge in [0.25, 0.3) is 0 Å². The number of hydrogen-bond donors (Lipinski definition) is 0. The molecule has 1 aliphatic rings. The first-order chi connectivity index (χ1) is 12.3. The Kier molecular flexibility index (Phi) is 5.52. The number of sulfonamides is 1. The zero-order chi connectivity index (χ0) is 18.7. The van der Waals surface area contributed by atoms with Gasteiger partial charge in [-0.1, -0.05) is 6.07 Å². The van der Waals surface area contributed by atoms with Crippen molar-refractivity contribution in [3.63, 3.8) is 0 Å². The Hall–Kier alpha value is -2.06. The fourth-order valence-electron chi connectivity index (χ4n) is 3.39. The Morgan fingerprint density at radius 3 is 2.38 bits per heavy atom. The predicted octanol–water partition coefficient (Wildman–Crippen LogP) is 1.92. The molecule has 0 amide bonds. The minimum atomic E-state index is -3.30. The van der Waals surface area contributed by atoms with Gasteiger partial charge in [-0.25, -0.2) is 18.4 Å². The van der Waals surface area contributed by atoms with Gasteiger partial charge in [0, 0.05) is 49.5 Å². The predicted molar refractivity (Wildman–Crippen MR) is 101 cm³/mol. The topological polar surface area (TPSA) is 79.3 Å². The van der Waals surface area contributed by atoms with Crippen LogP contribution in [0.25, 0.3) is 0 Å². The summed E-state index contributed by atoms with van der Waals surface area (Å²) in [6, 6.07) is 5.67. The van der Waals surface area contributed by atoms with Gasteiger partial charge < -0.3 is 4.90 Å². The maximum atomic E-state index is 12.3. The van der Waals surface area contributed by atoms with E-state index in [0.29, 0.717) is 6.54 Å². The molecule has 7 nitrogen and oxygen atoms in total. The van der Waals surface area contributed by atoms with Crippen LogP contribution in [0.4, 0.5) is 5.95 Å². The van der Waals surface area contributed by atoms with E-state index in [4.69, 9.17) is 0 Å². The molecule has 1 saturated heterocycles. The number of piperidine rings is 1. The number of aromatic nitrogens is 3. The molecule has 1 fully saturated rings. The van der Waals surface area contributed by atoms with Crippen molar-refractivity contribution in [3.8, 4) is 0 Å². The molecule has 0 spiro atoms. The number of anilines is 1. The second-order valence-corrected chi connectivity index (χ2v) is 8.77. The second kappa shape index (κ2) is 7.67. The average Bonchev–Trinajstić information content (AvgIpc) is 2.59. The van der Waals surface area contributed by atoms with Crippen LogP contribution in [0.15, 0.2) is 30.6 Å². The van der Waals surface area contributed by atoms with Crippen LogP contribution in [-0.4, -0.2) is 53.1 Å². The summed E-state index contributed by atoms with van der Waals surface area (Å²) in [7, 11) is -3.30. The molecule has 0 N–H and O–H groups in total. The van der Waals surface area contributed by atoms with E-state index in [9.17, 15) is 8.42 Å². The van der Waals surface area contributed by atoms with Crippen LogP contribution in [0.2, 0.25) is 0 Å². The number of hydrogen-bond acceptors (Lipinski definition) is 6. The minimum Gasteiger partial charge on any atom is -0.341 e. The van der Waals surface area contributed by atoms with E-state index in [1.807, 2.05) is 32.0 Å². The molecule has 26 heavy (non-hydrogen) atoms. The van der Waals surface area contributed by atoms with Gasteiger partial charge >= 0.3 is 0 Å². The van der Waals surface area contributed by atoms with Crippen molar-refractivity contribution in [3.05, 3.63) is 47.5 Å². The van der Waals surface area contributed by atoms with E-state index in [1.165, 1.54) is 6.26 Å². The van der Waals surface area contributed by atoms with Crippen LogP contribution in [-0.2, 0) is 16.6 Å². The molecular weight excluding hydrogens is 350 g/mol. The Morgan fingerprint density at radius 1 is 1.19 bits per heavy atom. The highest BCUT2D eigenvalue weighted by molar-refractivity contribution is 7.88. The van der Waals surface area contributed by atoms with Crippen molar-refractivity contribution in [1.82, 2.24) is 19.3 Å². The van der Waals surface area contributed by atoms with Crippen LogP contribution in [0.5, 0.6) is 0 Å². The molecule has 1 aliphatic heterocycles. The van der Waals surface area contributed by atoms with Gasteiger partial charge in [0.15, 0.2) is 0 Å². The van der Waals surface area contributed by atoms with Gasteiger partial charge in [-0.2, -0.15) is 4.31 Å². The second-order valence-electron chi connectivity index (χ2n) is 6.84. The van der Waals surface area contributed by atoms with Crippen molar-refractivity contribution in [2.24, 2.45) is 0 Å². The fourth-order valence-corrected chi connectivity index (χ4v) is 4.53. The number of nitrogens with zero attached hydrogens (tertiary/aromatic N) is 5. The van der Waals surface area contributed by atoms with Crippen LogP contribution >= 0.6 is 0 Å². The molecule has 3 heterocycles.